The van der Waals surface area contributed by atoms with Crippen LogP contribution in [0.1, 0.15) is 15.9 Å². The molecule has 0 saturated carbocycles. The Labute approximate surface area is 164 Å². The maximum atomic E-state index is 12.9. The van der Waals surface area contributed by atoms with Crippen LogP contribution in [0.25, 0.3) is 10.9 Å². The highest BCUT2D eigenvalue weighted by molar-refractivity contribution is 6.05. The summed E-state index contributed by atoms with van der Waals surface area (Å²) < 4.78 is 77.5. The van der Waals surface area contributed by atoms with E-state index in [1.807, 2.05) is 0 Å². The molecule has 30 heavy (non-hydrogen) atoms. The van der Waals surface area contributed by atoms with E-state index in [1.165, 1.54) is 6.07 Å². The van der Waals surface area contributed by atoms with Crippen LogP contribution in [0.3, 0.4) is 0 Å². The SMILES string of the molecule is O=C(Nc1ccc(C(O)(C(F)(F)F)C(F)(F)F)cc1)c1c[nH]c2ccccc2c1=O. The van der Waals surface area contributed by atoms with Crippen molar-refractivity contribution >= 4 is 22.5 Å². The summed E-state index contributed by atoms with van der Waals surface area (Å²) in [6.45, 7) is 0. The number of aromatic amines is 1. The molecule has 0 aliphatic carbocycles. The summed E-state index contributed by atoms with van der Waals surface area (Å²) >= 11 is 0. The molecule has 0 atom stereocenters. The molecule has 5 nitrogen and oxygen atoms in total. The Morgan fingerprint density at radius 3 is 2.03 bits per heavy atom. The average molecular weight is 430 g/mol. The van der Waals surface area contributed by atoms with Crippen LogP contribution >= 0.6 is 0 Å². The molecule has 0 radical (unpaired) electrons. The Kier molecular flexibility index (Phi) is 5.11. The molecule has 2 aromatic carbocycles. The number of carbonyl (C=O) groups excluding carboxylic acids is 1. The zero-order valence-corrected chi connectivity index (χ0v) is 14.7. The fourth-order valence-corrected chi connectivity index (χ4v) is 2.82. The predicted molar refractivity (Wildman–Crippen MR) is 95.0 cm³/mol. The Balaban J connectivity index is 1.90. The summed E-state index contributed by atoms with van der Waals surface area (Å²) in [5.74, 6) is -0.920. The van der Waals surface area contributed by atoms with E-state index >= 15 is 0 Å². The molecule has 3 rings (SSSR count). The monoisotopic (exact) mass is 430 g/mol. The molecular formula is C19H12F6N2O3. The number of alkyl halides is 6. The molecule has 3 N–H and O–H groups in total. The second-order valence-corrected chi connectivity index (χ2v) is 6.31. The zero-order valence-electron chi connectivity index (χ0n) is 14.7. The van der Waals surface area contributed by atoms with Gasteiger partial charge in [-0.2, -0.15) is 26.3 Å². The number of aliphatic hydroxyl groups is 1. The molecule has 0 fully saturated rings. The lowest BCUT2D eigenvalue weighted by atomic mass is 9.92. The first-order chi connectivity index (χ1) is 13.9. The third-order valence-corrected chi connectivity index (χ3v) is 4.41. The average Bonchev–Trinajstić information content (AvgIpc) is 2.66. The highest BCUT2D eigenvalue weighted by Crippen LogP contribution is 2.50. The van der Waals surface area contributed by atoms with Crippen molar-refractivity contribution in [1.29, 1.82) is 0 Å². The van der Waals surface area contributed by atoms with Gasteiger partial charge in [-0.05, 0) is 24.3 Å². The molecule has 0 spiro atoms. The van der Waals surface area contributed by atoms with Crippen LogP contribution in [0.2, 0.25) is 0 Å². The van der Waals surface area contributed by atoms with Crippen molar-refractivity contribution < 1.29 is 36.2 Å². The first kappa shape index (κ1) is 21.4. The van der Waals surface area contributed by atoms with E-state index in [-0.39, 0.29) is 16.6 Å². The smallest absolute Gasteiger partial charge is 0.369 e. The van der Waals surface area contributed by atoms with E-state index in [4.69, 9.17) is 0 Å². The standard InChI is InChI=1S/C19H12F6N2O3/c20-18(21,22)17(30,19(23,24)25)10-5-7-11(8-6-10)27-16(29)13-9-26-14-4-2-1-3-12(14)15(13)28/h1-9,30H,(H,26,28)(H,27,29). The zero-order chi connectivity index (χ0) is 22.3. The van der Waals surface area contributed by atoms with E-state index in [9.17, 15) is 41.0 Å². The van der Waals surface area contributed by atoms with Crippen LogP contribution < -0.4 is 10.7 Å². The number of pyridine rings is 1. The van der Waals surface area contributed by atoms with Gasteiger partial charge in [-0.25, -0.2) is 0 Å². The number of carbonyl (C=O) groups is 1. The Bertz CT molecular complexity index is 1140. The number of fused-ring (bicyclic) bond motifs is 1. The highest BCUT2D eigenvalue weighted by Gasteiger charge is 2.71. The quantitative estimate of drug-likeness (QED) is 0.548. The Morgan fingerprint density at radius 1 is 0.900 bits per heavy atom. The lowest BCUT2D eigenvalue weighted by Gasteiger charge is -2.32. The molecule has 1 heterocycles. The fourth-order valence-electron chi connectivity index (χ4n) is 2.82. The van der Waals surface area contributed by atoms with Gasteiger partial charge < -0.3 is 15.4 Å². The minimum absolute atomic E-state index is 0.178. The van der Waals surface area contributed by atoms with Gasteiger partial charge in [0, 0.05) is 28.4 Å². The van der Waals surface area contributed by atoms with Crippen LogP contribution in [0.5, 0.6) is 0 Å². The molecule has 0 unspecified atom stereocenters. The molecule has 0 bridgehead atoms. The first-order valence-electron chi connectivity index (χ1n) is 8.24. The number of para-hydroxylation sites is 1. The second kappa shape index (κ2) is 7.17. The van der Waals surface area contributed by atoms with Gasteiger partial charge in [0.05, 0.1) is 0 Å². The van der Waals surface area contributed by atoms with E-state index < -0.39 is 34.9 Å². The van der Waals surface area contributed by atoms with Crippen molar-refractivity contribution in [2.75, 3.05) is 5.32 Å². The van der Waals surface area contributed by atoms with Crippen LogP contribution in [0.15, 0.2) is 59.5 Å². The fraction of sp³-hybridized carbons (Fsp3) is 0.158. The summed E-state index contributed by atoms with van der Waals surface area (Å²) in [6, 6.07) is 8.63. The van der Waals surface area contributed by atoms with Gasteiger partial charge in [0.1, 0.15) is 5.56 Å². The third kappa shape index (κ3) is 3.52. The number of benzene rings is 2. The van der Waals surface area contributed by atoms with Crippen molar-refractivity contribution in [1.82, 2.24) is 4.98 Å². The first-order valence-corrected chi connectivity index (χ1v) is 8.24. The van der Waals surface area contributed by atoms with Crippen LogP contribution in [0, 0.1) is 0 Å². The molecule has 1 amide bonds. The molecule has 3 aromatic rings. The van der Waals surface area contributed by atoms with E-state index in [0.29, 0.717) is 17.6 Å². The summed E-state index contributed by atoms with van der Waals surface area (Å²) in [7, 11) is 0. The van der Waals surface area contributed by atoms with E-state index in [1.54, 1.807) is 18.2 Å². The van der Waals surface area contributed by atoms with E-state index in [0.717, 1.165) is 18.3 Å². The molecule has 158 valence electrons. The molecule has 0 aliphatic rings. The van der Waals surface area contributed by atoms with Gasteiger partial charge in [-0.15, -0.1) is 0 Å². The van der Waals surface area contributed by atoms with Crippen molar-refractivity contribution in [2.24, 2.45) is 0 Å². The molecule has 11 heteroatoms. The van der Waals surface area contributed by atoms with Gasteiger partial charge in [-0.1, -0.05) is 24.3 Å². The third-order valence-electron chi connectivity index (χ3n) is 4.41. The largest absolute Gasteiger partial charge is 0.430 e. The number of amides is 1. The maximum absolute atomic E-state index is 12.9. The van der Waals surface area contributed by atoms with Crippen molar-refractivity contribution in [2.45, 2.75) is 18.0 Å². The van der Waals surface area contributed by atoms with Gasteiger partial charge in [0.2, 0.25) is 5.43 Å². The molecule has 0 aliphatic heterocycles. The minimum atomic E-state index is -6.02. The summed E-state index contributed by atoms with van der Waals surface area (Å²) in [5, 5.41) is 11.8. The normalized spacial score (nSPS) is 12.8. The Hall–Kier alpha value is -3.34. The van der Waals surface area contributed by atoms with Crippen LogP contribution in [-0.4, -0.2) is 28.4 Å². The second-order valence-electron chi connectivity index (χ2n) is 6.31. The predicted octanol–water partition coefficient (Wildman–Crippen LogP) is 4.09. The van der Waals surface area contributed by atoms with Gasteiger partial charge in [0.25, 0.3) is 11.5 Å². The summed E-state index contributed by atoms with van der Waals surface area (Å²) in [4.78, 5) is 27.5. The highest BCUT2D eigenvalue weighted by atomic mass is 19.4. The minimum Gasteiger partial charge on any atom is -0.369 e. The van der Waals surface area contributed by atoms with Crippen LogP contribution in [-0.2, 0) is 5.60 Å². The van der Waals surface area contributed by atoms with Crippen molar-refractivity contribution in [3.63, 3.8) is 0 Å². The number of aromatic nitrogens is 1. The number of anilines is 1. The Morgan fingerprint density at radius 2 is 1.47 bits per heavy atom. The summed E-state index contributed by atoms with van der Waals surface area (Å²) in [6.07, 6.45) is -10.9. The molecule has 0 saturated heterocycles. The maximum Gasteiger partial charge on any atom is 0.430 e. The molecular weight excluding hydrogens is 418 g/mol. The van der Waals surface area contributed by atoms with Gasteiger partial charge >= 0.3 is 12.4 Å². The summed E-state index contributed by atoms with van der Waals surface area (Å²) in [5.41, 5.74) is -7.16. The van der Waals surface area contributed by atoms with Crippen molar-refractivity contribution in [3.05, 3.63) is 76.1 Å². The number of hydrogen-bond donors (Lipinski definition) is 3. The molecule has 1 aromatic heterocycles. The van der Waals surface area contributed by atoms with E-state index in [2.05, 4.69) is 10.3 Å². The lowest BCUT2D eigenvalue weighted by Crippen LogP contribution is -2.53. The number of H-pyrrole nitrogens is 1. The topological polar surface area (TPSA) is 82.2 Å². The van der Waals surface area contributed by atoms with Crippen molar-refractivity contribution in [3.8, 4) is 0 Å². The number of halogens is 6. The number of rotatable bonds is 3. The van der Waals surface area contributed by atoms with Gasteiger partial charge in [-0.3, -0.25) is 9.59 Å². The number of nitrogens with one attached hydrogen (secondary N) is 2. The van der Waals surface area contributed by atoms with Gasteiger partial charge in [0.15, 0.2) is 0 Å². The van der Waals surface area contributed by atoms with Crippen LogP contribution in [0.4, 0.5) is 32.0 Å². The number of hydrogen-bond acceptors (Lipinski definition) is 3. The lowest BCUT2D eigenvalue weighted by molar-refractivity contribution is -0.376.